The molecule has 8 heteroatoms. The minimum absolute atomic E-state index is 0.158. The van der Waals surface area contributed by atoms with Gasteiger partial charge >= 0.3 is 0 Å². The van der Waals surface area contributed by atoms with Gasteiger partial charge in [0.05, 0.1) is 25.9 Å². The Kier molecular flexibility index (Phi) is 4.98. The fourth-order valence-electron chi connectivity index (χ4n) is 3.07. The van der Waals surface area contributed by atoms with Crippen molar-refractivity contribution in [2.24, 2.45) is 0 Å². The zero-order valence-electron chi connectivity index (χ0n) is 14.0. The second-order valence-electron chi connectivity index (χ2n) is 6.13. The molecule has 134 valence electrons. The molecule has 25 heavy (non-hydrogen) atoms. The predicted octanol–water partition coefficient (Wildman–Crippen LogP) is 1.18. The number of aromatic nitrogens is 3. The maximum Gasteiger partial charge on any atom is 0.231 e. The summed E-state index contributed by atoms with van der Waals surface area (Å²) in [5.41, 5.74) is 0. The molecule has 0 amide bonds. The van der Waals surface area contributed by atoms with Crippen LogP contribution in [0.1, 0.15) is 6.42 Å². The minimum Gasteiger partial charge on any atom is -0.493 e. The summed E-state index contributed by atoms with van der Waals surface area (Å²) in [5.74, 6) is 2.34. The van der Waals surface area contributed by atoms with E-state index in [4.69, 9.17) is 18.9 Å². The van der Waals surface area contributed by atoms with Crippen molar-refractivity contribution in [3.8, 4) is 17.2 Å². The van der Waals surface area contributed by atoms with E-state index in [1.54, 1.807) is 12.7 Å². The van der Waals surface area contributed by atoms with Gasteiger partial charge in [0.1, 0.15) is 18.4 Å². The molecule has 1 fully saturated rings. The van der Waals surface area contributed by atoms with E-state index in [1.165, 1.54) is 0 Å². The maximum absolute atomic E-state index is 5.82. The van der Waals surface area contributed by atoms with E-state index in [1.807, 2.05) is 22.9 Å². The molecule has 0 N–H and O–H groups in total. The van der Waals surface area contributed by atoms with Gasteiger partial charge in [-0.15, -0.1) is 0 Å². The predicted molar refractivity (Wildman–Crippen MR) is 88.9 cm³/mol. The number of hydrogen-bond donors (Lipinski definition) is 0. The largest absolute Gasteiger partial charge is 0.493 e. The van der Waals surface area contributed by atoms with Gasteiger partial charge in [0.2, 0.25) is 6.79 Å². The van der Waals surface area contributed by atoms with Crippen LogP contribution in [0.2, 0.25) is 0 Å². The molecule has 0 aliphatic carbocycles. The molecule has 1 aromatic carbocycles. The van der Waals surface area contributed by atoms with Gasteiger partial charge in [0.25, 0.3) is 0 Å². The summed E-state index contributed by atoms with van der Waals surface area (Å²) in [6.07, 6.45) is 4.39. The zero-order chi connectivity index (χ0) is 16.9. The lowest BCUT2D eigenvalue weighted by Gasteiger charge is -2.32. The van der Waals surface area contributed by atoms with E-state index in [2.05, 4.69) is 15.0 Å². The van der Waals surface area contributed by atoms with E-state index in [0.717, 1.165) is 56.5 Å². The molecule has 8 nitrogen and oxygen atoms in total. The first-order chi connectivity index (χ1) is 12.4. The fraction of sp³-hybridized carbons (Fsp3) is 0.529. The Bertz CT molecular complexity index is 679. The van der Waals surface area contributed by atoms with Crippen LogP contribution < -0.4 is 14.2 Å². The van der Waals surface area contributed by atoms with Gasteiger partial charge in [0.15, 0.2) is 11.5 Å². The molecule has 2 aliphatic rings. The van der Waals surface area contributed by atoms with Crippen LogP contribution in [0.15, 0.2) is 30.9 Å². The molecule has 0 spiro atoms. The summed E-state index contributed by atoms with van der Waals surface area (Å²) in [4.78, 5) is 6.38. The Balaban J connectivity index is 1.18. The second kappa shape index (κ2) is 7.71. The van der Waals surface area contributed by atoms with E-state index in [0.29, 0.717) is 6.61 Å². The molecular weight excluding hydrogens is 324 g/mol. The van der Waals surface area contributed by atoms with Gasteiger partial charge < -0.3 is 18.9 Å². The SMILES string of the molecule is c1ncn(C[C@H]2CN(CCCOc3ccc4c(c3)OCO4)CCO2)n1. The Labute approximate surface area is 146 Å². The third-order valence-electron chi connectivity index (χ3n) is 4.31. The monoisotopic (exact) mass is 346 g/mol. The minimum atomic E-state index is 0.158. The average Bonchev–Trinajstić information content (AvgIpc) is 3.30. The highest BCUT2D eigenvalue weighted by Crippen LogP contribution is 2.35. The lowest BCUT2D eigenvalue weighted by molar-refractivity contribution is -0.0384. The first-order valence-electron chi connectivity index (χ1n) is 8.56. The molecule has 3 heterocycles. The van der Waals surface area contributed by atoms with Crippen LogP contribution in [-0.2, 0) is 11.3 Å². The number of ether oxygens (including phenoxy) is 4. The highest BCUT2D eigenvalue weighted by Gasteiger charge is 2.20. The number of rotatable bonds is 7. The highest BCUT2D eigenvalue weighted by atomic mass is 16.7. The summed E-state index contributed by atoms with van der Waals surface area (Å²) in [6, 6.07) is 5.68. The molecule has 2 aliphatic heterocycles. The zero-order valence-corrected chi connectivity index (χ0v) is 14.0. The quantitative estimate of drug-likeness (QED) is 0.697. The summed E-state index contributed by atoms with van der Waals surface area (Å²) in [6.45, 7) is 5.30. The van der Waals surface area contributed by atoms with Crippen LogP contribution in [0.3, 0.4) is 0 Å². The van der Waals surface area contributed by atoms with Crippen LogP contribution >= 0.6 is 0 Å². The molecule has 0 bridgehead atoms. The van der Waals surface area contributed by atoms with Crippen LogP contribution in [-0.4, -0.2) is 65.4 Å². The van der Waals surface area contributed by atoms with E-state index in [-0.39, 0.29) is 12.9 Å². The van der Waals surface area contributed by atoms with Gasteiger partial charge in [-0.05, 0) is 18.6 Å². The summed E-state index contributed by atoms with van der Waals surface area (Å²) < 4.78 is 24.1. The molecule has 0 saturated carbocycles. The normalized spacial score (nSPS) is 19.9. The average molecular weight is 346 g/mol. The maximum atomic E-state index is 5.82. The Hall–Kier alpha value is -2.32. The third-order valence-corrected chi connectivity index (χ3v) is 4.31. The summed E-state index contributed by atoms with van der Waals surface area (Å²) in [7, 11) is 0. The molecule has 0 unspecified atom stereocenters. The Morgan fingerprint density at radius 1 is 1.24 bits per heavy atom. The number of morpholine rings is 1. The van der Waals surface area contributed by atoms with Crippen molar-refractivity contribution < 1.29 is 18.9 Å². The molecule has 1 saturated heterocycles. The highest BCUT2D eigenvalue weighted by molar-refractivity contribution is 5.46. The molecule has 4 rings (SSSR count). The van der Waals surface area contributed by atoms with Crippen molar-refractivity contribution in [3.05, 3.63) is 30.9 Å². The number of hydrogen-bond acceptors (Lipinski definition) is 7. The number of nitrogens with zero attached hydrogens (tertiary/aromatic N) is 4. The van der Waals surface area contributed by atoms with Crippen molar-refractivity contribution in [1.82, 2.24) is 19.7 Å². The van der Waals surface area contributed by atoms with Crippen molar-refractivity contribution in [2.75, 3.05) is 39.6 Å². The molecular formula is C17H22N4O4. The molecule has 0 radical (unpaired) electrons. The lowest BCUT2D eigenvalue weighted by atomic mass is 10.2. The first-order valence-corrected chi connectivity index (χ1v) is 8.56. The van der Waals surface area contributed by atoms with E-state index in [9.17, 15) is 0 Å². The van der Waals surface area contributed by atoms with Gasteiger partial charge in [-0.25, -0.2) is 4.98 Å². The lowest BCUT2D eigenvalue weighted by Crippen LogP contribution is -2.44. The summed E-state index contributed by atoms with van der Waals surface area (Å²) >= 11 is 0. The van der Waals surface area contributed by atoms with Crippen LogP contribution in [0.5, 0.6) is 17.2 Å². The first kappa shape index (κ1) is 16.2. The van der Waals surface area contributed by atoms with Gasteiger partial charge in [-0.2, -0.15) is 5.10 Å². The van der Waals surface area contributed by atoms with Gasteiger partial charge in [-0.1, -0.05) is 0 Å². The Morgan fingerprint density at radius 2 is 2.20 bits per heavy atom. The van der Waals surface area contributed by atoms with Crippen molar-refractivity contribution in [1.29, 1.82) is 0 Å². The molecule has 1 aromatic heterocycles. The smallest absolute Gasteiger partial charge is 0.231 e. The number of fused-ring (bicyclic) bond motifs is 1. The van der Waals surface area contributed by atoms with E-state index < -0.39 is 0 Å². The van der Waals surface area contributed by atoms with Crippen LogP contribution in [0.25, 0.3) is 0 Å². The van der Waals surface area contributed by atoms with E-state index >= 15 is 0 Å². The summed E-state index contributed by atoms with van der Waals surface area (Å²) in [5, 5.41) is 4.14. The van der Waals surface area contributed by atoms with Gasteiger partial charge in [-0.3, -0.25) is 9.58 Å². The Morgan fingerprint density at radius 3 is 3.12 bits per heavy atom. The fourth-order valence-corrected chi connectivity index (χ4v) is 3.07. The third kappa shape index (κ3) is 4.21. The van der Waals surface area contributed by atoms with Crippen molar-refractivity contribution in [3.63, 3.8) is 0 Å². The standard InChI is InChI=1S/C17H22N4O4/c1(6-22-14-2-3-16-17(8-14)25-13-24-16)4-20-5-7-23-15(9-20)10-21-12-18-11-19-21/h2-3,8,11-12,15H,1,4-7,9-10,13H2/t15-/m1/s1. The van der Waals surface area contributed by atoms with Crippen LogP contribution in [0.4, 0.5) is 0 Å². The number of benzene rings is 1. The topological polar surface area (TPSA) is 70.9 Å². The van der Waals surface area contributed by atoms with Gasteiger partial charge in [0, 0.05) is 25.7 Å². The van der Waals surface area contributed by atoms with Crippen molar-refractivity contribution >= 4 is 0 Å². The second-order valence-corrected chi connectivity index (χ2v) is 6.13. The molecule has 2 aromatic rings. The molecule has 1 atom stereocenters. The van der Waals surface area contributed by atoms with Crippen molar-refractivity contribution in [2.45, 2.75) is 19.1 Å². The van der Waals surface area contributed by atoms with Crippen LogP contribution in [0, 0.1) is 0 Å².